The molecule has 2 aliphatic heterocycles. The summed E-state index contributed by atoms with van der Waals surface area (Å²) in [5, 5.41) is 0.799. The molecule has 6 heteroatoms. The first-order chi connectivity index (χ1) is 12.0. The Kier molecular flexibility index (Phi) is 4.58. The molecule has 0 saturated carbocycles. The number of halogens is 1. The van der Waals surface area contributed by atoms with Gasteiger partial charge in [-0.15, -0.1) is 0 Å². The second kappa shape index (κ2) is 6.72. The number of nitrogens with zero attached hydrogens (tertiary/aromatic N) is 2. The first-order valence-electron chi connectivity index (χ1n) is 8.55. The molecule has 2 aromatic rings. The van der Waals surface area contributed by atoms with Crippen LogP contribution in [0.5, 0.6) is 0 Å². The van der Waals surface area contributed by atoms with Gasteiger partial charge in [-0.2, -0.15) is 4.31 Å². The van der Waals surface area contributed by atoms with Crippen molar-refractivity contribution in [1.29, 1.82) is 0 Å². The summed E-state index contributed by atoms with van der Waals surface area (Å²) in [5.41, 5.74) is 1.14. The van der Waals surface area contributed by atoms with E-state index in [-0.39, 0.29) is 0 Å². The molecule has 25 heavy (non-hydrogen) atoms. The average Bonchev–Trinajstić information content (AvgIpc) is 3.17. The molecular weight excluding hydrogens is 356 g/mol. The number of benzene rings is 2. The Labute approximate surface area is 154 Å². The maximum absolute atomic E-state index is 12.8. The zero-order valence-electron chi connectivity index (χ0n) is 13.9. The van der Waals surface area contributed by atoms with E-state index in [1.54, 1.807) is 28.6 Å². The summed E-state index contributed by atoms with van der Waals surface area (Å²) in [7, 11) is -3.37. The Balaban J connectivity index is 1.42. The highest BCUT2D eigenvalue weighted by Crippen LogP contribution is 2.35. The Morgan fingerprint density at radius 3 is 2.12 bits per heavy atom. The lowest BCUT2D eigenvalue weighted by atomic mass is 10.0. The highest BCUT2D eigenvalue weighted by atomic mass is 35.5. The van der Waals surface area contributed by atoms with Crippen LogP contribution in [0.2, 0.25) is 5.02 Å². The molecule has 2 saturated heterocycles. The molecule has 0 amide bonds. The number of sulfonamides is 1. The largest absolute Gasteiger partial charge is 0.298 e. The van der Waals surface area contributed by atoms with Gasteiger partial charge >= 0.3 is 0 Å². The van der Waals surface area contributed by atoms with Crippen molar-refractivity contribution in [2.75, 3.05) is 26.2 Å². The summed E-state index contributed by atoms with van der Waals surface area (Å²) >= 11 is 6.26. The number of rotatable bonds is 4. The van der Waals surface area contributed by atoms with Crippen molar-refractivity contribution in [3.8, 4) is 0 Å². The van der Waals surface area contributed by atoms with Crippen molar-refractivity contribution in [2.24, 2.45) is 11.8 Å². The Bertz CT molecular complexity index is 843. The normalized spacial score (nSPS) is 24.5. The Hall–Kier alpha value is -1.40. The Morgan fingerprint density at radius 2 is 1.48 bits per heavy atom. The quantitative estimate of drug-likeness (QED) is 0.823. The van der Waals surface area contributed by atoms with Crippen LogP contribution in [0.15, 0.2) is 59.5 Å². The number of hydrogen-bond acceptors (Lipinski definition) is 3. The summed E-state index contributed by atoms with van der Waals surface area (Å²) in [4.78, 5) is 2.78. The molecule has 0 bridgehead atoms. The van der Waals surface area contributed by atoms with Gasteiger partial charge in [0.05, 0.1) is 4.90 Å². The molecular formula is C19H21ClN2O2S. The summed E-state index contributed by atoms with van der Waals surface area (Å²) < 4.78 is 27.2. The molecule has 0 radical (unpaired) electrons. The van der Waals surface area contributed by atoms with Crippen molar-refractivity contribution < 1.29 is 8.42 Å². The molecule has 132 valence electrons. The minimum atomic E-state index is -3.37. The second-order valence-corrected chi connectivity index (χ2v) is 9.29. The van der Waals surface area contributed by atoms with Crippen LogP contribution >= 0.6 is 11.6 Å². The molecule has 0 spiro atoms. The first kappa shape index (κ1) is 17.0. The predicted octanol–water partition coefficient (Wildman–Crippen LogP) is 3.09. The van der Waals surface area contributed by atoms with Crippen LogP contribution in [0.25, 0.3) is 0 Å². The maximum Gasteiger partial charge on any atom is 0.243 e. The molecule has 2 fully saturated rings. The topological polar surface area (TPSA) is 40.6 Å². The molecule has 2 unspecified atom stereocenters. The van der Waals surface area contributed by atoms with E-state index in [2.05, 4.69) is 11.0 Å². The summed E-state index contributed by atoms with van der Waals surface area (Å²) in [6, 6.07) is 16.7. The van der Waals surface area contributed by atoms with E-state index in [0.717, 1.165) is 30.2 Å². The van der Waals surface area contributed by atoms with Gasteiger partial charge < -0.3 is 0 Å². The van der Waals surface area contributed by atoms with Crippen molar-refractivity contribution in [1.82, 2.24) is 9.21 Å². The van der Waals surface area contributed by atoms with Crippen molar-refractivity contribution in [3.63, 3.8) is 0 Å². The van der Waals surface area contributed by atoms with Gasteiger partial charge in [0.25, 0.3) is 0 Å². The second-order valence-electron chi connectivity index (χ2n) is 6.94. The van der Waals surface area contributed by atoms with E-state index < -0.39 is 10.0 Å². The van der Waals surface area contributed by atoms with Crippen LogP contribution in [-0.4, -0.2) is 43.8 Å². The van der Waals surface area contributed by atoms with E-state index in [4.69, 9.17) is 11.6 Å². The van der Waals surface area contributed by atoms with E-state index >= 15 is 0 Å². The fourth-order valence-electron chi connectivity index (χ4n) is 3.98. The summed E-state index contributed by atoms with van der Waals surface area (Å²) in [5.74, 6) is 0.807. The molecule has 0 aliphatic carbocycles. The molecule has 2 heterocycles. The molecule has 4 nitrogen and oxygen atoms in total. The fourth-order valence-corrected chi connectivity index (χ4v) is 5.75. The van der Waals surface area contributed by atoms with Gasteiger partial charge in [0.2, 0.25) is 10.0 Å². The molecule has 0 N–H and O–H groups in total. The Morgan fingerprint density at radius 1 is 0.880 bits per heavy atom. The van der Waals surface area contributed by atoms with E-state index in [0.29, 0.717) is 29.8 Å². The molecule has 0 aromatic heterocycles. The SMILES string of the molecule is O=S(=O)(c1ccccc1)N1CC2CN(Cc3ccccc3Cl)CC2C1. The summed E-state index contributed by atoms with van der Waals surface area (Å²) in [6.07, 6.45) is 0. The minimum absolute atomic E-state index is 0.392. The van der Waals surface area contributed by atoms with Crippen LogP contribution in [0.4, 0.5) is 0 Å². The van der Waals surface area contributed by atoms with Gasteiger partial charge in [0, 0.05) is 37.7 Å². The predicted molar refractivity (Wildman–Crippen MR) is 98.9 cm³/mol. The van der Waals surface area contributed by atoms with Crippen LogP contribution in [0.3, 0.4) is 0 Å². The van der Waals surface area contributed by atoms with Crippen LogP contribution in [-0.2, 0) is 16.6 Å². The molecule has 2 aromatic carbocycles. The zero-order valence-corrected chi connectivity index (χ0v) is 15.5. The van der Waals surface area contributed by atoms with Crippen molar-refractivity contribution >= 4 is 21.6 Å². The third-order valence-electron chi connectivity index (χ3n) is 5.26. The highest BCUT2D eigenvalue weighted by molar-refractivity contribution is 7.89. The van der Waals surface area contributed by atoms with Gasteiger partial charge in [-0.3, -0.25) is 4.90 Å². The zero-order chi connectivity index (χ0) is 17.4. The monoisotopic (exact) mass is 376 g/mol. The smallest absolute Gasteiger partial charge is 0.243 e. The van der Waals surface area contributed by atoms with Crippen LogP contribution < -0.4 is 0 Å². The van der Waals surface area contributed by atoms with Crippen LogP contribution in [0, 0.1) is 11.8 Å². The van der Waals surface area contributed by atoms with Gasteiger partial charge in [0.15, 0.2) is 0 Å². The highest BCUT2D eigenvalue weighted by Gasteiger charge is 2.44. The maximum atomic E-state index is 12.8. The van der Waals surface area contributed by atoms with Gasteiger partial charge in [-0.25, -0.2) is 8.42 Å². The van der Waals surface area contributed by atoms with E-state index in [1.165, 1.54) is 0 Å². The number of hydrogen-bond donors (Lipinski definition) is 0. The molecule has 2 aliphatic rings. The minimum Gasteiger partial charge on any atom is -0.298 e. The number of likely N-dealkylation sites (tertiary alicyclic amines) is 1. The molecule has 4 rings (SSSR count). The van der Waals surface area contributed by atoms with Gasteiger partial charge in [0.1, 0.15) is 0 Å². The lowest BCUT2D eigenvalue weighted by Gasteiger charge is -2.21. The summed E-state index contributed by atoms with van der Waals surface area (Å²) in [6.45, 7) is 3.91. The van der Waals surface area contributed by atoms with Crippen molar-refractivity contribution in [3.05, 3.63) is 65.2 Å². The number of fused-ring (bicyclic) bond motifs is 1. The fraction of sp³-hybridized carbons (Fsp3) is 0.368. The van der Waals surface area contributed by atoms with Crippen molar-refractivity contribution in [2.45, 2.75) is 11.4 Å². The van der Waals surface area contributed by atoms with E-state index in [9.17, 15) is 8.42 Å². The lowest BCUT2D eigenvalue weighted by molar-refractivity contribution is 0.290. The van der Waals surface area contributed by atoms with E-state index in [1.807, 2.05) is 24.3 Å². The third-order valence-corrected chi connectivity index (χ3v) is 7.48. The van der Waals surface area contributed by atoms with Gasteiger partial charge in [-0.05, 0) is 35.6 Å². The average molecular weight is 377 g/mol. The molecule has 2 atom stereocenters. The van der Waals surface area contributed by atoms with Gasteiger partial charge in [-0.1, -0.05) is 48.0 Å². The van der Waals surface area contributed by atoms with Crippen LogP contribution in [0.1, 0.15) is 5.56 Å². The third kappa shape index (κ3) is 3.34. The standard InChI is InChI=1S/C19H21ClN2O2S/c20-19-9-5-4-6-15(19)10-21-11-16-13-22(14-17(16)12-21)25(23,24)18-7-2-1-3-8-18/h1-9,16-17H,10-14H2. The first-order valence-corrected chi connectivity index (χ1v) is 10.4. The lowest BCUT2D eigenvalue weighted by Crippen LogP contribution is -2.33.